The van der Waals surface area contributed by atoms with Crippen molar-refractivity contribution in [1.82, 2.24) is 14.8 Å². The number of carbonyl (C=O) groups is 2. The predicted octanol–water partition coefficient (Wildman–Crippen LogP) is -0.0124. The maximum Gasteiger partial charge on any atom is 0.259 e. The van der Waals surface area contributed by atoms with Crippen molar-refractivity contribution >= 4 is 11.8 Å². The molecule has 0 saturated carbocycles. The smallest absolute Gasteiger partial charge is 0.259 e. The molecule has 2 heterocycles. The lowest BCUT2D eigenvalue weighted by Gasteiger charge is -2.34. The molecule has 1 N–H and O–H groups in total. The van der Waals surface area contributed by atoms with Crippen LogP contribution in [-0.4, -0.2) is 52.8 Å². The summed E-state index contributed by atoms with van der Waals surface area (Å²) in [6, 6.07) is 1.42. The Morgan fingerprint density at radius 1 is 1.16 bits per heavy atom. The first-order chi connectivity index (χ1) is 8.99. The number of hydrogen-bond acceptors (Lipinski definition) is 3. The molecule has 1 aliphatic heterocycles. The van der Waals surface area contributed by atoms with Gasteiger partial charge in [0.15, 0.2) is 5.43 Å². The standard InChI is InChI=1S/C13H17N3O3/c1-9-7-12(18)11(8-14-9)13(19)16-5-3-15(4-6-16)10(2)17/h7-8H,3-6H2,1-2H3,(H,14,18). The van der Waals surface area contributed by atoms with Crippen molar-refractivity contribution in [3.8, 4) is 0 Å². The number of pyridine rings is 1. The Labute approximate surface area is 111 Å². The van der Waals surface area contributed by atoms with E-state index in [1.807, 2.05) is 0 Å². The van der Waals surface area contributed by atoms with Gasteiger partial charge < -0.3 is 14.8 Å². The first-order valence-corrected chi connectivity index (χ1v) is 6.23. The molecule has 6 nitrogen and oxygen atoms in total. The maximum atomic E-state index is 12.2. The molecule has 0 aromatic carbocycles. The van der Waals surface area contributed by atoms with Crippen LogP contribution in [0.3, 0.4) is 0 Å². The van der Waals surface area contributed by atoms with Gasteiger partial charge >= 0.3 is 0 Å². The van der Waals surface area contributed by atoms with Gasteiger partial charge in [-0.15, -0.1) is 0 Å². The molecule has 1 fully saturated rings. The molecule has 0 radical (unpaired) electrons. The molecule has 19 heavy (non-hydrogen) atoms. The average molecular weight is 263 g/mol. The van der Waals surface area contributed by atoms with Crippen molar-refractivity contribution in [2.75, 3.05) is 26.2 Å². The molecule has 1 aliphatic rings. The Morgan fingerprint density at radius 3 is 2.26 bits per heavy atom. The summed E-state index contributed by atoms with van der Waals surface area (Å²) in [6.45, 7) is 5.25. The molecular formula is C13H17N3O3. The summed E-state index contributed by atoms with van der Waals surface area (Å²) >= 11 is 0. The van der Waals surface area contributed by atoms with Gasteiger partial charge in [0.2, 0.25) is 5.91 Å². The molecule has 6 heteroatoms. The van der Waals surface area contributed by atoms with Crippen LogP contribution < -0.4 is 5.43 Å². The highest BCUT2D eigenvalue weighted by atomic mass is 16.2. The number of aromatic nitrogens is 1. The molecule has 1 aromatic rings. The molecule has 2 rings (SSSR count). The van der Waals surface area contributed by atoms with Crippen molar-refractivity contribution in [3.63, 3.8) is 0 Å². The highest BCUT2D eigenvalue weighted by Gasteiger charge is 2.24. The van der Waals surface area contributed by atoms with Crippen LogP contribution in [0.1, 0.15) is 23.0 Å². The monoisotopic (exact) mass is 263 g/mol. The summed E-state index contributed by atoms with van der Waals surface area (Å²) < 4.78 is 0. The summed E-state index contributed by atoms with van der Waals surface area (Å²) in [7, 11) is 0. The Hall–Kier alpha value is -2.11. The molecule has 0 bridgehead atoms. The van der Waals surface area contributed by atoms with E-state index < -0.39 is 0 Å². The van der Waals surface area contributed by atoms with E-state index in [0.717, 1.165) is 5.69 Å². The van der Waals surface area contributed by atoms with Gasteiger partial charge in [-0.1, -0.05) is 0 Å². The molecule has 102 valence electrons. The highest BCUT2D eigenvalue weighted by molar-refractivity contribution is 5.94. The minimum atomic E-state index is -0.274. The summed E-state index contributed by atoms with van der Waals surface area (Å²) in [4.78, 5) is 41.4. The lowest BCUT2D eigenvalue weighted by atomic mass is 10.2. The zero-order chi connectivity index (χ0) is 14.0. The number of H-pyrrole nitrogens is 1. The van der Waals surface area contributed by atoms with E-state index in [1.54, 1.807) is 16.7 Å². The van der Waals surface area contributed by atoms with E-state index in [1.165, 1.54) is 19.2 Å². The van der Waals surface area contributed by atoms with E-state index in [4.69, 9.17) is 0 Å². The molecule has 0 atom stereocenters. The summed E-state index contributed by atoms with van der Waals surface area (Å²) in [5.41, 5.74) is 0.611. The Morgan fingerprint density at radius 2 is 1.74 bits per heavy atom. The van der Waals surface area contributed by atoms with Gasteiger partial charge in [-0.05, 0) is 6.92 Å². The fourth-order valence-electron chi connectivity index (χ4n) is 2.14. The third-order valence-electron chi connectivity index (χ3n) is 3.30. The van der Waals surface area contributed by atoms with Crippen molar-refractivity contribution < 1.29 is 9.59 Å². The fraction of sp³-hybridized carbons (Fsp3) is 0.462. The summed E-state index contributed by atoms with van der Waals surface area (Å²) in [6.07, 6.45) is 1.46. The second-order valence-corrected chi connectivity index (χ2v) is 4.69. The molecule has 2 amide bonds. The number of hydrogen-bond donors (Lipinski definition) is 1. The van der Waals surface area contributed by atoms with Gasteiger partial charge in [0.25, 0.3) is 5.91 Å². The zero-order valence-electron chi connectivity index (χ0n) is 11.1. The number of amides is 2. The van der Waals surface area contributed by atoms with Crippen molar-refractivity contribution in [2.24, 2.45) is 0 Å². The number of nitrogens with one attached hydrogen (secondary N) is 1. The number of rotatable bonds is 1. The van der Waals surface area contributed by atoms with Crippen LogP contribution in [-0.2, 0) is 4.79 Å². The first kappa shape index (κ1) is 13.3. The van der Waals surface area contributed by atoms with Crippen LogP contribution in [0.4, 0.5) is 0 Å². The number of carbonyl (C=O) groups excluding carboxylic acids is 2. The second kappa shape index (κ2) is 5.26. The molecular weight excluding hydrogens is 246 g/mol. The lowest BCUT2D eigenvalue weighted by molar-refractivity contribution is -0.130. The van der Waals surface area contributed by atoms with Gasteiger partial charge in [-0.2, -0.15) is 0 Å². The largest absolute Gasteiger partial charge is 0.364 e. The van der Waals surface area contributed by atoms with Crippen LogP contribution >= 0.6 is 0 Å². The van der Waals surface area contributed by atoms with Gasteiger partial charge in [0.05, 0.1) is 0 Å². The van der Waals surface area contributed by atoms with Crippen LogP contribution in [0.25, 0.3) is 0 Å². The fourth-order valence-corrected chi connectivity index (χ4v) is 2.14. The zero-order valence-corrected chi connectivity index (χ0v) is 11.1. The Kier molecular flexibility index (Phi) is 3.69. The molecule has 1 aromatic heterocycles. The second-order valence-electron chi connectivity index (χ2n) is 4.69. The Balaban J connectivity index is 2.09. The van der Waals surface area contributed by atoms with Crippen molar-refractivity contribution in [2.45, 2.75) is 13.8 Å². The number of aryl methyl sites for hydroxylation is 1. The molecule has 0 spiro atoms. The van der Waals surface area contributed by atoms with Crippen molar-refractivity contribution in [3.05, 3.63) is 33.7 Å². The SMILES string of the molecule is CC(=O)N1CCN(C(=O)c2c[nH]c(C)cc2=O)CC1. The normalized spacial score (nSPS) is 15.5. The quantitative estimate of drug-likeness (QED) is 0.774. The topological polar surface area (TPSA) is 73.5 Å². The van der Waals surface area contributed by atoms with Crippen LogP contribution in [0.15, 0.2) is 17.1 Å². The van der Waals surface area contributed by atoms with Gasteiger partial charge in [-0.25, -0.2) is 0 Å². The van der Waals surface area contributed by atoms with E-state index in [9.17, 15) is 14.4 Å². The number of piperazine rings is 1. The maximum absolute atomic E-state index is 12.2. The predicted molar refractivity (Wildman–Crippen MR) is 70.0 cm³/mol. The third-order valence-corrected chi connectivity index (χ3v) is 3.30. The number of aromatic amines is 1. The molecule has 0 unspecified atom stereocenters. The minimum Gasteiger partial charge on any atom is -0.364 e. The summed E-state index contributed by atoms with van der Waals surface area (Å²) in [5, 5.41) is 0. The highest BCUT2D eigenvalue weighted by Crippen LogP contribution is 2.06. The third kappa shape index (κ3) is 2.83. The van der Waals surface area contributed by atoms with E-state index in [2.05, 4.69) is 4.98 Å². The van der Waals surface area contributed by atoms with Crippen molar-refractivity contribution in [1.29, 1.82) is 0 Å². The van der Waals surface area contributed by atoms with E-state index in [0.29, 0.717) is 26.2 Å². The lowest BCUT2D eigenvalue weighted by Crippen LogP contribution is -2.50. The number of nitrogens with zero attached hydrogens (tertiary/aromatic N) is 2. The first-order valence-electron chi connectivity index (χ1n) is 6.23. The van der Waals surface area contributed by atoms with E-state index in [-0.39, 0.29) is 22.8 Å². The molecule has 1 saturated heterocycles. The van der Waals surface area contributed by atoms with E-state index >= 15 is 0 Å². The van der Waals surface area contributed by atoms with Crippen LogP contribution in [0.5, 0.6) is 0 Å². The van der Waals surface area contributed by atoms with Crippen LogP contribution in [0, 0.1) is 6.92 Å². The average Bonchev–Trinajstić information content (AvgIpc) is 2.38. The van der Waals surface area contributed by atoms with Gasteiger partial charge in [0.1, 0.15) is 5.56 Å². The van der Waals surface area contributed by atoms with Crippen LogP contribution in [0.2, 0.25) is 0 Å². The Bertz CT molecular complexity index is 556. The summed E-state index contributed by atoms with van der Waals surface area (Å²) in [5.74, 6) is -0.260. The van der Waals surface area contributed by atoms with Gasteiger partial charge in [-0.3, -0.25) is 14.4 Å². The van der Waals surface area contributed by atoms with Gasteiger partial charge in [0, 0.05) is 51.1 Å². The molecule has 0 aliphatic carbocycles. The minimum absolute atomic E-state index is 0.0142.